The Labute approximate surface area is 144 Å². The zero-order valence-electron chi connectivity index (χ0n) is 14.1. The Balaban J connectivity index is 2.08. The number of phenolic OH excluding ortho intramolecular Hbond substituents is 1. The fourth-order valence-electron chi connectivity index (χ4n) is 2.25. The van der Waals surface area contributed by atoms with Gasteiger partial charge in [-0.3, -0.25) is 9.59 Å². The van der Waals surface area contributed by atoms with Gasteiger partial charge >= 0.3 is 11.8 Å². The molecule has 0 radical (unpaired) electrons. The normalized spacial score (nSPS) is 11.5. The maximum atomic E-state index is 13.3. The second-order valence-corrected chi connectivity index (χ2v) is 5.53. The number of carbonyl (C=O) groups excluding carboxylic acids is 2. The van der Waals surface area contributed by atoms with Crippen molar-refractivity contribution in [3.05, 3.63) is 53.3 Å². The molecule has 0 aliphatic carbocycles. The number of benzene rings is 2. The maximum absolute atomic E-state index is 13.3. The first kappa shape index (κ1) is 18.3. The summed E-state index contributed by atoms with van der Waals surface area (Å²) < 4.78 is 18.3. The Morgan fingerprint density at radius 1 is 1.16 bits per heavy atom. The van der Waals surface area contributed by atoms with Gasteiger partial charge in [-0.15, -0.1) is 0 Å². The van der Waals surface area contributed by atoms with Gasteiger partial charge in [0.2, 0.25) is 0 Å². The monoisotopic (exact) mass is 346 g/mol. The van der Waals surface area contributed by atoms with E-state index < -0.39 is 23.7 Å². The Morgan fingerprint density at radius 3 is 2.56 bits per heavy atom. The van der Waals surface area contributed by atoms with Crippen molar-refractivity contribution in [3.8, 4) is 11.5 Å². The van der Waals surface area contributed by atoms with Gasteiger partial charge in [-0.2, -0.15) is 0 Å². The molecule has 0 bridgehead atoms. The number of aromatic hydroxyl groups is 1. The lowest BCUT2D eigenvalue weighted by molar-refractivity contribution is -0.136. The Bertz CT molecular complexity index is 808. The minimum atomic E-state index is -0.928. The lowest BCUT2D eigenvalue weighted by atomic mass is 10.1. The van der Waals surface area contributed by atoms with Gasteiger partial charge in [0.1, 0.15) is 17.3 Å². The summed E-state index contributed by atoms with van der Waals surface area (Å²) in [5.41, 5.74) is 1.25. The molecule has 2 aromatic rings. The molecule has 0 fully saturated rings. The number of nitrogens with one attached hydrogen (secondary N) is 2. The molecule has 1 unspecified atom stereocenters. The summed E-state index contributed by atoms with van der Waals surface area (Å²) in [6.07, 6.45) is 0. The van der Waals surface area contributed by atoms with Crippen LogP contribution in [0.2, 0.25) is 0 Å². The third-order valence-corrected chi connectivity index (χ3v) is 3.70. The van der Waals surface area contributed by atoms with E-state index in [0.717, 1.165) is 6.07 Å². The molecule has 2 amide bonds. The van der Waals surface area contributed by atoms with E-state index in [9.17, 15) is 19.1 Å². The molecule has 25 heavy (non-hydrogen) atoms. The third kappa shape index (κ3) is 4.47. The van der Waals surface area contributed by atoms with E-state index >= 15 is 0 Å². The smallest absolute Gasteiger partial charge is 0.313 e. The zero-order valence-corrected chi connectivity index (χ0v) is 14.1. The third-order valence-electron chi connectivity index (χ3n) is 3.70. The molecule has 1 atom stereocenters. The first-order valence-corrected chi connectivity index (χ1v) is 7.56. The van der Waals surface area contributed by atoms with Crippen molar-refractivity contribution in [2.24, 2.45) is 0 Å². The van der Waals surface area contributed by atoms with Gasteiger partial charge in [0.15, 0.2) is 0 Å². The topological polar surface area (TPSA) is 87.7 Å². The number of halogens is 1. The second kappa shape index (κ2) is 7.65. The van der Waals surface area contributed by atoms with Crippen LogP contribution in [0.5, 0.6) is 11.5 Å². The van der Waals surface area contributed by atoms with Crippen molar-refractivity contribution in [3.63, 3.8) is 0 Å². The number of hydrogen-bond donors (Lipinski definition) is 3. The minimum absolute atomic E-state index is 0.0324. The quantitative estimate of drug-likeness (QED) is 0.743. The molecule has 0 aromatic heterocycles. The van der Waals surface area contributed by atoms with Crippen LogP contribution in [-0.4, -0.2) is 24.0 Å². The fourth-order valence-corrected chi connectivity index (χ4v) is 2.25. The van der Waals surface area contributed by atoms with Gasteiger partial charge in [0, 0.05) is 11.3 Å². The summed E-state index contributed by atoms with van der Waals surface area (Å²) in [6, 6.07) is 7.84. The Hall–Kier alpha value is -3.09. The average molecular weight is 346 g/mol. The number of ether oxygens (including phenoxy) is 1. The number of rotatable bonds is 4. The standard InChI is InChI=1S/C18H19FN2O4/c1-10-4-5-12(19)8-15(10)21-18(24)17(23)20-11(2)14-9-13(25-3)6-7-16(14)22/h4-9,11,22H,1-3H3,(H,20,23)(H,21,24). The summed E-state index contributed by atoms with van der Waals surface area (Å²) in [5.74, 6) is -1.87. The highest BCUT2D eigenvalue weighted by Crippen LogP contribution is 2.28. The van der Waals surface area contributed by atoms with E-state index in [1.807, 2.05) is 0 Å². The van der Waals surface area contributed by atoms with E-state index in [1.54, 1.807) is 26.0 Å². The van der Waals surface area contributed by atoms with Gasteiger partial charge < -0.3 is 20.5 Å². The fraction of sp³-hybridized carbons (Fsp3) is 0.222. The van der Waals surface area contributed by atoms with Crippen LogP contribution >= 0.6 is 0 Å². The molecule has 0 saturated heterocycles. The molecule has 132 valence electrons. The van der Waals surface area contributed by atoms with E-state index in [2.05, 4.69) is 10.6 Å². The SMILES string of the molecule is COc1ccc(O)c(C(C)NC(=O)C(=O)Nc2cc(F)ccc2C)c1. The Morgan fingerprint density at radius 2 is 1.88 bits per heavy atom. The van der Waals surface area contributed by atoms with Gasteiger partial charge in [-0.25, -0.2) is 4.39 Å². The number of methoxy groups -OCH3 is 1. The number of phenols is 1. The predicted molar refractivity (Wildman–Crippen MR) is 91.0 cm³/mol. The van der Waals surface area contributed by atoms with Crippen LogP contribution in [0.15, 0.2) is 36.4 Å². The van der Waals surface area contributed by atoms with Crippen LogP contribution < -0.4 is 15.4 Å². The summed E-state index contributed by atoms with van der Waals surface area (Å²) in [7, 11) is 1.48. The number of amides is 2. The lowest BCUT2D eigenvalue weighted by Gasteiger charge is -2.16. The molecule has 0 saturated carbocycles. The molecule has 2 rings (SSSR count). The van der Waals surface area contributed by atoms with Gasteiger partial charge in [0.25, 0.3) is 0 Å². The van der Waals surface area contributed by atoms with E-state index in [-0.39, 0.29) is 11.4 Å². The van der Waals surface area contributed by atoms with Gasteiger partial charge in [-0.1, -0.05) is 6.07 Å². The molecule has 0 heterocycles. The molecule has 0 aliphatic heterocycles. The van der Waals surface area contributed by atoms with Crippen LogP contribution in [0.25, 0.3) is 0 Å². The van der Waals surface area contributed by atoms with Crippen molar-refractivity contribution in [1.29, 1.82) is 0 Å². The second-order valence-electron chi connectivity index (χ2n) is 5.53. The molecule has 7 heteroatoms. The number of anilines is 1. The molecule has 3 N–H and O–H groups in total. The van der Waals surface area contributed by atoms with Crippen molar-refractivity contribution in [2.45, 2.75) is 19.9 Å². The van der Waals surface area contributed by atoms with E-state index in [1.165, 1.54) is 25.3 Å². The predicted octanol–water partition coefficient (Wildman–Crippen LogP) is 2.66. The molecule has 0 spiro atoms. The number of aryl methyl sites for hydroxylation is 1. The van der Waals surface area contributed by atoms with Crippen LogP contribution in [0, 0.1) is 12.7 Å². The van der Waals surface area contributed by atoms with Gasteiger partial charge in [0.05, 0.1) is 13.2 Å². The highest BCUT2D eigenvalue weighted by molar-refractivity contribution is 6.39. The van der Waals surface area contributed by atoms with Crippen molar-refractivity contribution in [1.82, 2.24) is 5.32 Å². The largest absolute Gasteiger partial charge is 0.508 e. The van der Waals surface area contributed by atoms with Crippen LogP contribution in [-0.2, 0) is 9.59 Å². The molecular weight excluding hydrogens is 327 g/mol. The first-order valence-electron chi connectivity index (χ1n) is 7.56. The zero-order chi connectivity index (χ0) is 18.6. The summed E-state index contributed by atoms with van der Waals surface area (Å²) in [4.78, 5) is 24.1. The van der Waals surface area contributed by atoms with E-state index in [4.69, 9.17) is 4.74 Å². The summed E-state index contributed by atoms with van der Waals surface area (Å²) in [5, 5.41) is 14.8. The molecule has 2 aromatic carbocycles. The Kier molecular flexibility index (Phi) is 5.59. The van der Waals surface area contributed by atoms with Crippen LogP contribution in [0.1, 0.15) is 24.1 Å². The highest BCUT2D eigenvalue weighted by Gasteiger charge is 2.20. The summed E-state index contributed by atoms with van der Waals surface area (Å²) >= 11 is 0. The minimum Gasteiger partial charge on any atom is -0.508 e. The lowest BCUT2D eigenvalue weighted by Crippen LogP contribution is -2.37. The molecule has 0 aliphatic rings. The first-order chi connectivity index (χ1) is 11.8. The molecular formula is C18H19FN2O4. The van der Waals surface area contributed by atoms with E-state index in [0.29, 0.717) is 16.9 Å². The van der Waals surface area contributed by atoms with Crippen LogP contribution in [0.4, 0.5) is 10.1 Å². The maximum Gasteiger partial charge on any atom is 0.313 e. The van der Waals surface area contributed by atoms with Crippen molar-refractivity contribution >= 4 is 17.5 Å². The highest BCUT2D eigenvalue weighted by atomic mass is 19.1. The van der Waals surface area contributed by atoms with Crippen molar-refractivity contribution < 1.29 is 23.8 Å². The number of hydrogen-bond acceptors (Lipinski definition) is 4. The van der Waals surface area contributed by atoms with Gasteiger partial charge in [-0.05, 0) is 49.7 Å². The van der Waals surface area contributed by atoms with Crippen molar-refractivity contribution in [2.75, 3.05) is 12.4 Å². The number of carbonyl (C=O) groups is 2. The van der Waals surface area contributed by atoms with Crippen LogP contribution in [0.3, 0.4) is 0 Å². The average Bonchev–Trinajstić information content (AvgIpc) is 2.58. The summed E-state index contributed by atoms with van der Waals surface area (Å²) in [6.45, 7) is 3.30. The molecule has 6 nitrogen and oxygen atoms in total.